The van der Waals surface area contributed by atoms with Crippen LogP contribution < -0.4 is 10.1 Å². The van der Waals surface area contributed by atoms with Gasteiger partial charge in [0.05, 0.1) is 23.4 Å². The van der Waals surface area contributed by atoms with E-state index < -0.39 is 0 Å². The summed E-state index contributed by atoms with van der Waals surface area (Å²) in [6.45, 7) is 0. The fourth-order valence-corrected chi connectivity index (χ4v) is 3.47. The van der Waals surface area contributed by atoms with Crippen molar-refractivity contribution in [3.8, 4) is 22.0 Å². The summed E-state index contributed by atoms with van der Waals surface area (Å²) in [5, 5.41) is 9.58. The van der Waals surface area contributed by atoms with Crippen molar-refractivity contribution in [2.45, 2.75) is 0 Å². The molecule has 4 aromatic rings. The van der Waals surface area contributed by atoms with Gasteiger partial charge in [-0.2, -0.15) is 5.10 Å². The van der Waals surface area contributed by atoms with Gasteiger partial charge in [0.25, 0.3) is 5.91 Å². The third-order valence-electron chi connectivity index (χ3n) is 4.07. The summed E-state index contributed by atoms with van der Waals surface area (Å²) in [4.78, 5) is 14.0. The number of carbonyl (C=O) groups excluding carboxylic acids is 1. The van der Waals surface area contributed by atoms with E-state index in [1.165, 1.54) is 0 Å². The molecule has 0 unspecified atom stereocenters. The van der Waals surface area contributed by atoms with Crippen molar-refractivity contribution in [2.24, 2.45) is 0 Å². The van der Waals surface area contributed by atoms with E-state index in [9.17, 15) is 4.79 Å². The van der Waals surface area contributed by atoms with E-state index in [-0.39, 0.29) is 5.91 Å². The number of amides is 1. The smallest absolute Gasteiger partial charge is 0.274 e. The maximum absolute atomic E-state index is 13.0. The molecule has 0 atom stereocenters. The Kier molecular flexibility index (Phi) is 4.72. The number of hydrogen-bond acceptors (Lipinski definition) is 4. The van der Waals surface area contributed by atoms with Gasteiger partial charge in [-0.15, -0.1) is 11.3 Å². The minimum absolute atomic E-state index is 0.251. The molecule has 0 saturated carbocycles. The second-order valence-corrected chi connectivity index (χ2v) is 6.74. The Morgan fingerprint density at radius 2 is 1.81 bits per heavy atom. The summed E-state index contributed by atoms with van der Waals surface area (Å²) in [7, 11) is 1.58. The lowest BCUT2D eigenvalue weighted by atomic mass is 10.2. The number of anilines is 1. The van der Waals surface area contributed by atoms with Gasteiger partial charge in [0, 0.05) is 0 Å². The molecule has 0 aliphatic carbocycles. The summed E-state index contributed by atoms with van der Waals surface area (Å²) in [5.74, 6) is 0.355. The van der Waals surface area contributed by atoms with Gasteiger partial charge in [-0.3, -0.25) is 4.79 Å². The number of nitrogens with one attached hydrogen (secondary N) is 1. The second kappa shape index (κ2) is 7.47. The molecule has 1 N–H and O–H groups in total. The Balaban J connectivity index is 1.75. The molecular weight excluding hydrogens is 358 g/mol. The van der Waals surface area contributed by atoms with Crippen LogP contribution in [-0.2, 0) is 0 Å². The molecule has 27 heavy (non-hydrogen) atoms. The van der Waals surface area contributed by atoms with Crippen molar-refractivity contribution in [1.29, 1.82) is 0 Å². The average molecular weight is 375 g/mol. The lowest BCUT2D eigenvalue weighted by molar-refractivity contribution is 0.101. The van der Waals surface area contributed by atoms with Crippen LogP contribution in [0.4, 0.5) is 5.69 Å². The molecule has 0 fully saturated rings. The van der Waals surface area contributed by atoms with Crippen LogP contribution in [-0.4, -0.2) is 22.8 Å². The maximum Gasteiger partial charge on any atom is 0.274 e. The number of aromatic nitrogens is 2. The molecule has 2 aromatic heterocycles. The molecule has 0 spiro atoms. The topological polar surface area (TPSA) is 56.1 Å². The first-order chi connectivity index (χ1) is 13.3. The zero-order valence-corrected chi connectivity index (χ0v) is 15.4. The van der Waals surface area contributed by atoms with Crippen LogP contribution in [0.1, 0.15) is 10.5 Å². The van der Waals surface area contributed by atoms with E-state index in [0.29, 0.717) is 17.1 Å². The normalized spacial score (nSPS) is 10.6. The highest BCUT2D eigenvalue weighted by molar-refractivity contribution is 7.13. The van der Waals surface area contributed by atoms with Crippen molar-refractivity contribution in [3.63, 3.8) is 0 Å². The lowest BCUT2D eigenvalue weighted by Gasteiger charge is -2.11. The standard InChI is InChI=1S/C21H17N3O2S/c1-26-19-11-6-5-10-16(19)22-21(25)18-14-17(20-12-7-13-27-20)23-24(18)15-8-3-2-4-9-15/h2-14H,1H3,(H,22,25). The number of rotatable bonds is 5. The number of ether oxygens (including phenoxy) is 1. The van der Waals surface area contributed by atoms with Crippen LogP contribution >= 0.6 is 11.3 Å². The van der Waals surface area contributed by atoms with Crippen molar-refractivity contribution in [3.05, 3.63) is 83.9 Å². The Hall–Kier alpha value is -3.38. The first kappa shape index (κ1) is 17.1. The molecular formula is C21H17N3O2S. The Labute approximate surface area is 160 Å². The van der Waals surface area contributed by atoms with Gasteiger partial charge in [0.1, 0.15) is 17.1 Å². The second-order valence-electron chi connectivity index (χ2n) is 5.79. The summed E-state index contributed by atoms with van der Waals surface area (Å²) < 4.78 is 6.99. The lowest BCUT2D eigenvalue weighted by Crippen LogP contribution is -2.17. The first-order valence-electron chi connectivity index (χ1n) is 8.40. The van der Waals surface area contributed by atoms with Crippen LogP contribution in [0.2, 0.25) is 0 Å². The highest BCUT2D eigenvalue weighted by Gasteiger charge is 2.19. The van der Waals surface area contributed by atoms with Gasteiger partial charge in [0.15, 0.2) is 0 Å². The number of para-hydroxylation sites is 3. The number of benzene rings is 2. The number of carbonyl (C=O) groups is 1. The van der Waals surface area contributed by atoms with Gasteiger partial charge in [-0.25, -0.2) is 4.68 Å². The summed E-state index contributed by atoms with van der Waals surface area (Å²) >= 11 is 1.59. The van der Waals surface area contributed by atoms with E-state index in [2.05, 4.69) is 10.4 Å². The molecule has 2 heterocycles. The SMILES string of the molecule is COc1ccccc1NC(=O)c1cc(-c2cccs2)nn1-c1ccccc1. The summed E-state index contributed by atoms with van der Waals surface area (Å²) in [6.07, 6.45) is 0. The average Bonchev–Trinajstić information content (AvgIpc) is 3.39. The van der Waals surface area contributed by atoms with Gasteiger partial charge >= 0.3 is 0 Å². The van der Waals surface area contributed by atoms with Crippen LogP contribution in [0.3, 0.4) is 0 Å². The zero-order valence-electron chi connectivity index (χ0n) is 14.6. The molecule has 4 rings (SSSR count). The molecule has 0 radical (unpaired) electrons. The fraction of sp³-hybridized carbons (Fsp3) is 0.0476. The third kappa shape index (κ3) is 3.47. The summed E-state index contributed by atoms with van der Waals surface area (Å²) in [5.41, 5.74) is 2.66. The summed E-state index contributed by atoms with van der Waals surface area (Å²) in [6, 6.07) is 22.7. The minimum Gasteiger partial charge on any atom is -0.495 e. The molecule has 0 aliphatic rings. The van der Waals surface area contributed by atoms with Crippen LogP contribution in [0, 0.1) is 0 Å². The Morgan fingerprint density at radius 3 is 2.56 bits per heavy atom. The number of thiophene rings is 1. The third-order valence-corrected chi connectivity index (χ3v) is 4.96. The van der Waals surface area contributed by atoms with Gasteiger partial charge in [-0.1, -0.05) is 36.4 Å². The predicted molar refractivity (Wildman–Crippen MR) is 108 cm³/mol. The van der Waals surface area contributed by atoms with E-state index in [1.54, 1.807) is 35.3 Å². The Morgan fingerprint density at radius 1 is 1.04 bits per heavy atom. The zero-order chi connectivity index (χ0) is 18.6. The molecule has 0 aliphatic heterocycles. The van der Waals surface area contributed by atoms with Crippen LogP contribution in [0.15, 0.2) is 78.2 Å². The predicted octanol–water partition coefficient (Wildman–Crippen LogP) is 4.86. The number of hydrogen-bond donors (Lipinski definition) is 1. The van der Waals surface area contributed by atoms with Crippen molar-refractivity contribution >= 4 is 22.9 Å². The van der Waals surface area contributed by atoms with Crippen LogP contribution in [0.25, 0.3) is 16.3 Å². The highest BCUT2D eigenvalue weighted by atomic mass is 32.1. The van der Waals surface area contributed by atoms with Crippen LogP contribution in [0.5, 0.6) is 5.75 Å². The molecule has 5 nitrogen and oxygen atoms in total. The maximum atomic E-state index is 13.0. The van der Waals surface area contributed by atoms with E-state index >= 15 is 0 Å². The van der Waals surface area contributed by atoms with Crippen molar-refractivity contribution < 1.29 is 9.53 Å². The van der Waals surface area contributed by atoms with E-state index in [1.807, 2.05) is 66.0 Å². The largest absolute Gasteiger partial charge is 0.495 e. The molecule has 6 heteroatoms. The first-order valence-corrected chi connectivity index (χ1v) is 9.28. The van der Waals surface area contributed by atoms with Crippen molar-refractivity contribution in [2.75, 3.05) is 12.4 Å². The molecule has 2 aromatic carbocycles. The minimum atomic E-state index is -0.251. The molecule has 0 bridgehead atoms. The van der Waals surface area contributed by atoms with Gasteiger partial charge < -0.3 is 10.1 Å². The number of methoxy groups -OCH3 is 1. The van der Waals surface area contributed by atoms with Crippen molar-refractivity contribution in [1.82, 2.24) is 9.78 Å². The number of nitrogens with zero attached hydrogens (tertiary/aromatic N) is 2. The quantitative estimate of drug-likeness (QED) is 0.542. The molecule has 134 valence electrons. The van der Waals surface area contributed by atoms with E-state index in [0.717, 1.165) is 16.3 Å². The van der Waals surface area contributed by atoms with Gasteiger partial charge in [-0.05, 0) is 41.8 Å². The van der Waals surface area contributed by atoms with Gasteiger partial charge in [0.2, 0.25) is 0 Å². The molecule has 0 saturated heterocycles. The highest BCUT2D eigenvalue weighted by Crippen LogP contribution is 2.28. The Bertz CT molecular complexity index is 1060. The monoisotopic (exact) mass is 375 g/mol. The molecule has 1 amide bonds. The van der Waals surface area contributed by atoms with E-state index in [4.69, 9.17) is 4.74 Å². The fourth-order valence-electron chi connectivity index (χ4n) is 2.79.